The van der Waals surface area contributed by atoms with E-state index < -0.39 is 10.8 Å². The molecular weight excluding hydrogens is 310 g/mol. The number of urea groups is 1. The molecule has 2 amide bonds. The number of benzene rings is 1. The minimum absolute atomic E-state index is 0.250. The van der Waals surface area contributed by atoms with Gasteiger partial charge in [-0.2, -0.15) is 0 Å². The normalized spacial score (nSPS) is 19.1. The number of piperidine rings is 1. The number of hydrogen-bond acceptors (Lipinski definition) is 3. The molecule has 128 valence electrons. The van der Waals surface area contributed by atoms with Crippen molar-refractivity contribution in [3.8, 4) is 0 Å². The van der Waals surface area contributed by atoms with Gasteiger partial charge in [0.2, 0.25) is 0 Å². The highest BCUT2D eigenvalue weighted by Gasteiger charge is 2.20. The van der Waals surface area contributed by atoms with Crippen molar-refractivity contribution in [1.29, 1.82) is 0 Å². The molecule has 23 heavy (non-hydrogen) atoms. The maximum absolute atomic E-state index is 12.1. The van der Waals surface area contributed by atoms with E-state index in [-0.39, 0.29) is 6.03 Å². The summed E-state index contributed by atoms with van der Waals surface area (Å²) in [5, 5.41) is 5.71. The summed E-state index contributed by atoms with van der Waals surface area (Å²) in [6.45, 7) is 7.25. The van der Waals surface area contributed by atoms with Crippen LogP contribution >= 0.6 is 0 Å². The number of para-hydroxylation sites is 1. The molecule has 0 radical (unpaired) electrons. The quantitative estimate of drug-likeness (QED) is 0.868. The Hall–Kier alpha value is -1.40. The third-order valence-electron chi connectivity index (χ3n) is 4.44. The number of carbonyl (C=O) groups excluding carboxylic acids is 1. The lowest BCUT2D eigenvalue weighted by molar-refractivity contribution is 0.146. The molecule has 5 nitrogen and oxygen atoms in total. The summed E-state index contributed by atoms with van der Waals surface area (Å²) in [7, 11) is -1.13. The van der Waals surface area contributed by atoms with Gasteiger partial charge in [0.1, 0.15) is 0 Å². The van der Waals surface area contributed by atoms with Crippen molar-refractivity contribution < 1.29 is 9.00 Å². The zero-order valence-corrected chi connectivity index (χ0v) is 15.0. The van der Waals surface area contributed by atoms with E-state index in [0.717, 1.165) is 19.0 Å². The van der Waals surface area contributed by atoms with Crippen LogP contribution in [0.5, 0.6) is 0 Å². The summed E-state index contributed by atoms with van der Waals surface area (Å²) in [5.74, 6) is 0.807. The van der Waals surface area contributed by atoms with Crippen LogP contribution in [0, 0.1) is 5.92 Å². The van der Waals surface area contributed by atoms with Crippen LogP contribution in [0.2, 0.25) is 0 Å². The minimum atomic E-state index is -1.13. The van der Waals surface area contributed by atoms with Crippen LogP contribution in [0.15, 0.2) is 29.2 Å². The summed E-state index contributed by atoms with van der Waals surface area (Å²) in [6.07, 6.45) is 4.07. The van der Waals surface area contributed by atoms with Gasteiger partial charge in [0.15, 0.2) is 0 Å². The van der Waals surface area contributed by atoms with Gasteiger partial charge < -0.3 is 10.6 Å². The average Bonchev–Trinajstić information content (AvgIpc) is 2.53. The van der Waals surface area contributed by atoms with E-state index in [0.29, 0.717) is 23.2 Å². The Labute approximate surface area is 141 Å². The molecule has 1 aliphatic rings. The van der Waals surface area contributed by atoms with Crippen molar-refractivity contribution in [2.24, 2.45) is 5.92 Å². The van der Waals surface area contributed by atoms with Gasteiger partial charge in [-0.1, -0.05) is 19.1 Å². The fraction of sp³-hybridized carbons (Fsp3) is 0.588. The summed E-state index contributed by atoms with van der Waals surface area (Å²) in [4.78, 5) is 15.2. The van der Waals surface area contributed by atoms with Gasteiger partial charge in [0.25, 0.3) is 0 Å². The molecular formula is C17H27N3O2S. The predicted octanol–water partition coefficient (Wildman–Crippen LogP) is 2.67. The van der Waals surface area contributed by atoms with Crippen molar-refractivity contribution in [1.82, 2.24) is 10.2 Å². The van der Waals surface area contributed by atoms with Gasteiger partial charge in [-0.25, -0.2) is 4.79 Å². The summed E-state index contributed by atoms with van der Waals surface area (Å²) < 4.78 is 11.7. The third kappa shape index (κ3) is 5.32. The fourth-order valence-corrected chi connectivity index (χ4v) is 3.52. The maximum Gasteiger partial charge on any atom is 0.319 e. The molecule has 1 aliphatic heterocycles. The minimum Gasteiger partial charge on any atom is -0.336 e. The molecule has 2 rings (SSSR count). The first-order chi connectivity index (χ1) is 11.0. The second-order valence-corrected chi connectivity index (χ2v) is 7.70. The first kappa shape index (κ1) is 17.9. The lowest BCUT2D eigenvalue weighted by Gasteiger charge is -2.35. The zero-order chi connectivity index (χ0) is 16.8. The van der Waals surface area contributed by atoms with Crippen molar-refractivity contribution in [3.05, 3.63) is 24.3 Å². The van der Waals surface area contributed by atoms with Crippen molar-refractivity contribution >= 4 is 22.5 Å². The molecule has 0 aliphatic carbocycles. The first-order valence-corrected chi connectivity index (χ1v) is 9.74. The predicted molar refractivity (Wildman–Crippen MR) is 95.2 cm³/mol. The van der Waals surface area contributed by atoms with Gasteiger partial charge in [0.05, 0.1) is 21.4 Å². The first-order valence-electron chi connectivity index (χ1n) is 8.18. The van der Waals surface area contributed by atoms with Crippen LogP contribution in [0.3, 0.4) is 0 Å². The highest BCUT2D eigenvalue weighted by Crippen LogP contribution is 2.19. The zero-order valence-electron chi connectivity index (χ0n) is 14.2. The van der Waals surface area contributed by atoms with Gasteiger partial charge >= 0.3 is 6.03 Å². The Morgan fingerprint density at radius 2 is 2.00 bits per heavy atom. The summed E-state index contributed by atoms with van der Waals surface area (Å²) >= 11 is 0. The van der Waals surface area contributed by atoms with Gasteiger partial charge in [-0.15, -0.1) is 0 Å². The number of rotatable bonds is 5. The SMILES string of the molecule is CC1CCN([C@H](C)CNC(=O)Nc2ccccc2[S@](C)=O)CC1. The van der Waals surface area contributed by atoms with E-state index in [9.17, 15) is 9.00 Å². The Morgan fingerprint density at radius 3 is 2.65 bits per heavy atom. The topological polar surface area (TPSA) is 61.4 Å². The van der Waals surface area contributed by atoms with E-state index in [1.807, 2.05) is 12.1 Å². The van der Waals surface area contributed by atoms with E-state index in [2.05, 4.69) is 29.4 Å². The molecule has 1 heterocycles. The standard InChI is InChI=1S/C17H27N3O2S/c1-13-8-10-20(11-9-13)14(2)12-18-17(21)19-15-6-4-5-7-16(15)23(3)22/h4-7,13-14H,8-12H2,1-3H3,(H2,18,19,21)/t14-,23+/m1/s1. The van der Waals surface area contributed by atoms with Gasteiger partial charge in [0, 0.05) is 18.8 Å². The third-order valence-corrected chi connectivity index (χ3v) is 5.42. The van der Waals surface area contributed by atoms with Gasteiger partial charge in [-0.05, 0) is 50.9 Å². The van der Waals surface area contributed by atoms with Crippen LogP contribution in [-0.2, 0) is 10.8 Å². The number of carbonyl (C=O) groups is 1. The molecule has 1 fully saturated rings. The molecule has 0 aromatic heterocycles. The number of hydrogen-bond donors (Lipinski definition) is 2. The van der Waals surface area contributed by atoms with Gasteiger partial charge in [-0.3, -0.25) is 9.11 Å². The second-order valence-electron chi connectivity index (χ2n) is 6.35. The van der Waals surface area contributed by atoms with E-state index >= 15 is 0 Å². The number of nitrogens with zero attached hydrogens (tertiary/aromatic N) is 1. The van der Waals surface area contributed by atoms with Crippen LogP contribution in [-0.4, -0.2) is 47.1 Å². The molecule has 2 atom stereocenters. The van der Waals surface area contributed by atoms with Crippen molar-refractivity contribution in [3.63, 3.8) is 0 Å². The number of nitrogens with one attached hydrogen (secondary N) is 2. The van der Waals surface area contributed by atoms with Crippen LogP contribution in [0.25, 0.3) is 0 Å². The second kappa shape index (κ2) is 8.45. The van der Waals surface area contributed by atoms with Crippen LogP contribution in [0.1, 0.15) is 26.7 Å². The maximum atomic E-state index is 12.1. The molecule has 0 bridgehead atoms. The highest BCUT2D eigenvalue weighted by atomic mass is 32.2. The molecule has 1 aromatic rings. The molecule has 0 spiro atoms. The van der Waals surface area contributed by atoms with E-state index in [4.69, 9.17) is 0 Å². The van der Waals surface area contributed by atoms with Crippen molar-refractivity contribution in [2.45, 2.75) is 37.6 Å². The molecule has 1 aromatic carbocycles. The lowest BCUT2D eigenvalue weighted by Crippen LogP contribution is -2.46. The number of likely N-dealkylation sites (tertiary alicyclic amines) is 1. The van der Waals surface area contributed by atoms with Crippen LogP contribution < -0.4 is 10.6 Å². The largest absolute Gasteiger partial charge is 0.336 e. The number of anilines is 1. The molecule has 0 unspecified atom stereocenters. The summed E-state index contributed by atoms with van der Waals surface area (Å²) in [5.41, 5.74) is 0.602. The van der Waals surface area contributed by atoms with E-state index in [1.165, 1.54) is 12.8 Å². The smallest absolute Gasteiger partial charge is 0.319 e. The monoisotopic (exact) mass is 337 g/mol. The Bertz CT molecular complexity index is 557. The average molecular weight is 337 g/mol. The Kier molecular flexibility index (Phi) is 6.59. The van der Waals surface area contributed by atoms with Crippen molar-refractivity contribution in [2.75, 3.05) is 31.2 Å². The highest BCUT2D eigenvalue weighted by molar-refractivity contribution is 7.84. The van der Waals surface area contributed by atoms with Crippen LogP contribution in [0.4, 0.5) is 10.5 Å². The fourth-order valence-electron chi connectivity index (χ4n) is 2.83. The molecule has 0 saturated carbocycles. The number of amides is 2. The van der Waals surface area contributed by atoms with E-state index in [1.54, 1.807) is 18.4 Å². The molecule has 2 N–H and O–H groups in total. The molecule has 1 saturated heterocycles. The molecule has 6 heteroatoms. The Balaban J connectivity index is 1.82. The lowest BCUT2D eigenvalue weighted by atomic mass is 9.98. The Morgan fingerprint density at radius 1 is 1.35 bits per heavy atom. The summed E-state index contributed by atoms with van der Waals surface area (Å²) in [6, 6.07) is 7.25.